The Morgan fingerprint density at radius 1 is 1.27 bits per heavy atom. The fraction of sp³-hybridized carbons (Fsp3) is 0.538. The highest BCUT2D eigenvalue weighted by Gasteiger charge is 2.18. The van der Waals surface area contributed by atoms with Gasteiger partial charge in [0.1, 0.15) is 0 Å². The maximum Gasteiger partial charge on any atom is 0.0529 e. The molecule has 1 aromatic rings. The van der Waals surface area contributed by atoms with Crippen molar-refractivity contribution in [2.75, 3.05) is 0 Å². The van der Waals surface area contributed by atoms with E-state index in [4.69, 9.17) is 0 Å². The van der Waals surface area contributed by atoms with Crippen LogP contribution in [-0.2, 0) is 6.54 Å². The molecule has 1 atom stereocenters. The molecule has 0 aromatic heterocycles. The summed E-state index contributed by atoms with van der Waals surface area (Å²) in [5.41, 5.74) is 1.25. The molecule has 15 heavy (non-hydrogen) atoms. The Morgan fingerprint density at radius 2 is 1.87 bits per heavy atom. The van der Waals surface area contributed by atoms with Crippen LogP contribution in [0.4, 0.5) is 0 Å². The van der Waals surface area contributed by atoms with Gasteiger partial charge < -0.3 is 10.4 Å². The van der Waals surface area contributed by atoms with Crippen LogP contribution in [0.25, 0.3) is 0 Å². The topological polar surface area (TPSA) is 32.3 Å². The van der Waals surface area contributed by atoms with Crippen molar-refractivity contribution in [1.29, 1.82) is 0 Å². The Labute approximate surface area is 92.3 Å². The summed E-state index contributed by atoms with van der Waals surface area (Å²) in [6.07, 6.45) is 0.503. The highest BCUT2D eigenvalue weighted by Crippen LogP contribution is 2.12. The van der Waals surface area contributed by atoms with Gasteiger partial charge >= 0.3 is 0 Å². The minimum atomic E-state index is -0.261. The number of hydrogen-bond acceptors (Lipinski definition) is 2. The first-order chi connectivity index (χ1) is 6.99. The maximum atomic E-state index is 9.35. The fourth-order valence-electron chi connectivity index (χ4n) is 1.75. The molecule has 0 saturated heterocycles. The summed E-state index contributed by atoms with van der Waals surface area (Å²) < 4.78 is 0. The van der Waals surface area contributed by atoms with E-state index in [0.29, 0.717) is 0 Å². The van der Waals surface area contributed by atoms with E-state index in [9.17, 15) is 5.11 Å². The minimum Gasteiger partial charge on any atom is -0.393 e. The van der Waals surface area contributed by atoms with Crippen molar-refractivity contribution in [2.24, 2.45) is 0 Å². The third kappa shape index (κ3) is 4.96. The summed E-state index contributed by atoms with van der Waals surface area (Å²) >= 11 is 0. The molecule has 1 aromatic carbocycles. The lowest BCUT2D eigenvalue weighted by molar-refractivity contribution is 0.145. The molecule has 1 rings (SSSR count). The van der Waals surface area contributed by atoms with Gasteiger partial charge in [0.15, 0.2) is 0 Å². The van der Waals surface area contributed by atoms with Crippen molar-refractivity contribution in [2.45, 2.75) is 45.4 Å². The SMILES string of the molecule is CC(O)CC(C)(C)NCc1ccccc1. The Kier molecular flexibility index (Phi) is 4.30. The van der Waals surface area contributed by atoms with Gasteiger partial charge in [-0.2, -0.15) is 0 Å². The summed E-state index contributed by atoms with van der Waals surface area (Å²) in [4.78, 5) is 0. The van der Waals surface area contributed by atoms with Crippen molar-refractivity contribution in [1.82, 2.24) is 5.32 Å². The van der Waals surface area contributed by atoms with Crippen LogP contribution < -0.4 is 5.32 Å². The van der Waals surface area contributed by atoms with Crippen LogP contribution >= 0.6 is 0 Å². The first-order valence-electron chi connectivity index (χ1n) is 5.47. The Bertz CT molecular complexity index is 280. The number of nitrogens with one attached hydrogen (secondary N) is 1. The maximum absolute atomic E-state index is 9.35. The van der Waals surface area contributed by atoms with Crippen LogP contribution in [0, 0.1) is 0 Å². The zero-order chi connectivity index (χ0) is 11.3. The second kappa shape index (κ2) is 5.29. The fourth-order valence-corrected chi connectivity index (χ4v) is 1.75. The van der Waals surface area contributed by atoms with Crippen molar-refractivity contribution in [3.05, 3.63) is 35.9 Å². The largest absolute Gasteiger partial charge is 0.393 e. The lowest BCUT2D eigenvalue weighted by Gasteiger charge is -2.27. The van der Waals surface area contributed by atoms with Gasteiger partial charge in [-0.15, -0.1) is 0 Å². The van der Waals surface area contributed by atoms with E-state index < -0.39 is 0 Å². The van der Waals surface area contributed by atoms with Crippen LogP contribution in [0.15, 0.2) is 30.3 Å². The third-order valence-corrected chi connectivity index (χ3v) is 2.42. The smallest absolute Gasteiger partial charge is 0.0529 e. The first kappa shape index (κ1) is 12.2. The van der Waals surface area contributed by atoms with Crippen LogP contribution in [0.1, 0.15) is 32.8 Å². The molecule has 0 radical (unpaired) electrons. The monoisotopic (exact) mass is 207 g/mol. The van der Waals surface area contributed by atoms with Gasteiger partial charge in [-0.05, 0) is 32.8 Å². The number of aliphatic hydroxyl groups is 1. The van der Waals surface area contributed by atoms with Crippen molar-refractivity contribution in [3.8, 4) is 0 Å². The molecule has 0 amide bonds. The molecule has 0 bridgehead atoms. The predicted molar refractivity (Wildman–Crippen MR) is 63.7 cm³/mol. The van der Waals surface area contributed by atoms with E-state index in [-0.39, 0.29) is 11.6 Å². The molecular weight excluding hydrogens is 186 g/mol. The van der Waals surface area contributed by atoms with E-state index >= 15 is 0 Å². The van der Waals surface area contributed by atoms with E-state index in [0.717, 1.165) is 13.0 Å². The minimum absolute atomic E-state index is 0.0238. The molecular formula is C13H21NO. The van der Waals surface area contributed by atoms with Crippen LogP contribution in [-0.4, -0.2) is 16.7 Å². The summed E-state index contributed by atoms with van der Waals surface area (Å²) in [7, 11) is 0. The van der Waals surface area contributed by atoms with Gasteiger partial charge in [-0.1, -0.05) is 30.3 Å². The molecule has 0 fully saturated rings. The second-order valence-corrected chi connectivity index (χ2v) is 4.78. The number of benzene rings is 1. The van der Waals surface area contributed by atoms with Gasteiger partial charge in [0.25, 0.3) is 0 Å². The van der Waals surface area contributed by atoms with Crippen molar-refractivity contribution in [3.63, 3.8) is 0 Å². The molecule has 0 heterocycles. The van der Waals surface area contributed by atoms with Crippen molar-refractivity contribution >= 4 is 0 Å². The van der Waals surface area contributed by atoms with Gasteiger partial charge in [-0.3, -0.25) is 0 Å². The number of aliphatic hydroxyl groups excluding tert-OH is 1. The number of hydrogen-bond donors (Lipinski definition) is 2. The highest BCUT2D eigenvalue weighted by molar-refractivity contribution is 5.14. The Balaban J connectivity index is 2.42. The zero-order valence-electron chi connectivity index (χ0n) is 9.83. The molecule has 0 saturated carbocycles. The van der Waals surface area contributed by atoms with Crippen LogP contribution in [0.2, 0.25) is 0 Å². The Hall–Kier alpha value is -0.860. The van der Waals surface area contributed by atoms with Gasteiger partial charge in [0.05, 0.1) is 6.10 Å². The molecule has 2 nitrogen and oxygen atoms in total. The van der Waals surface area contributed by atoms with E-state index in [1.54, 1.807) is 0 Å². The first-order valence-corrected chi connectivity index (χ1v) is 5.47. The lowest BCUT2D eigenvalue weighted by Crippen LogP contribution is -2.41. The lowest BCUT2D eigenvalue weighted by atomic mass is 9.97. The predicted octanol–water partition coefficient (Wildman–Crippen LogP) is 2.33. The molecule has 1 unspecified atom stereocenters. The second-order valence-electron chi connectivity index (χ2n) is 4.78. The quantitative estimate of drug-likeness (QED) is 0.776. The third-order valence-electron chi connectivity index (χ3n) is 2.42. The molecule has 2 heteroatoms. The summed E-state index contributed by atoms with van der Waals surface area (Å²) in [5.74, 6) is 0. The van der Waals surface area contributed by atoms with Gasteiger partial charge in [-0.25, -0.2) is 0 Å². The summed E-state index contributed by atoms with van der Waals surface area (Å²) in [6.45, 7) is 6.90. The summed E-state index contributed by atoms with van der Waals surface area (Å²) in [5, 5.41) is 12.8. The molecule has 0 spiro atoms. The number of rotatable bonds is 5. The van der Waals surface area contributed by atoms with E-state index in [1.807, 2.05) is 25.1 Å². The zero-order valence-corrected chi connectivity index (χ0v) is 9.83. The summed E-state index contributed by atoms with van der Waals surface area (Å²) in [6, 6.07) is 10.3. The highest BCUT2D eigenvalue weighted by atomic mass is 16.3. The molecule has 2 N–H and O–H groups in total. The van der Waals surface area contributed by atoms with Gasteiger partial charge in [0.2, 0.25) is 0 Å². The normalized spacial score (nSPS) is 13.9. The Morgan fingerprint density at radius 3 is 2.40 bits per heavy atom. The van der Waals surface area contributed by atoms with Gasteiger partial charge in [0, 0.05) is 12.1 Å². The molecule has 84 valence electrons. The average Bonchev–Trinajstić information content (AvgIpc) is 2.15. The molecule has 0 aliphatic heterocycles. The molecule has 0 aliphatic carbocycles. The molecule has 0 aliphatic rings. The van der Waals surface area contributed by atoms with E-state index in [1.165, 1.54) is 5.56 Å². The van der Waals surface area contributed by atoms with Crippen LogP contribution in [0.3, 0.4) is 0 Å². The van der Waals surface area contributed by atoms with E-state index in [2.05, 4.69) is 31.3 Å². The standard InChI is InChI=1S/C13H21NO/c1-11(15)9-13(2,3)14-10-12-7-5-4-6-8-12/h4-8,11,14-15H,9-10H2,1-3H3. The average molecular weight is 207 g/mol. The van der Waals surface area contributed by atoms with Crippen LogP contribution in [0.5, 0.6) is 0 Å². The van der Waals surface area contributed by atoms with Crippen molar-refractivity contribution < 1.29 is 5.11 Å².